The first-order valence-electron chi connectivity index (χ1n) is 9.97. The summed E-state index contributed by atoms with van der Waals surface area (Å²) in [4.78, 5) is 0. The van der Waals surface area contributed by atoms with Crippen molar-refractivity contribution in [3.05, 3.63) is 121 Å². The van der Waals surface area contributed by atoms with Gasteiger partial charge in [-0.1, -0.05) is 85.5 Å². The quantitative estimate of drug-likeness (QED) is 0.221. The molecule has 0 aliphatic heterocycles. The third-order valence-corrected chi connectivity index (χ3v) is 5.67. The van der Waals surface area contributed by atoms with Crippen LogP contribution in [0.25, 0.3) is 43.5 Å². The van der Waals surface area contributed by atoms with E-state index in [1.807, 2.05) is 0 Å². The molecule has 0 radical (unpaired) electrons. The van der Waals surface area contributed by atoms with Crippen molar-refractivity contribution in [1.82, 2.24) is 0 Å². The van der Waals surface area contributed by atoms with Gasteiger partial charge in [0.1, 0.15) is 0 Å². The molecule has 0 amide bonds. The molecule has 0 atom stereocenters. The van der Waals surface area contributed by atoms with Crippen molar-refractivity contribution >= 4 is 43.5 Å². The lowest BCUT2D eigenvalue weighted by molar-refractivity contribution is 1.59. The van der Waals surface area contributed by atoms with Crippen LogP contribution in [0.3, 0.4) is 0 Å². The Morgan fingerprint density at radius 1 is 0.552 bits per heavy atom. The van der Waals surface area contributed by atoms with Crippen LogP contribution in [0.2, 0.25) is 0 Å². The second-order valence-electron chi connectivity index (χ2n) is 7.68. The Balaban J connectivity index is 1.51. The van der Waals surface area contributed by atoms with E-state index in [0.29, 0.717) is 0 Å². The monoisotopic (exact) mass is 370 g/mol. The molecule has 0 heteroatoms. The highest BCUT2D eigenvalue weighted by Crippen LogP contribution is 2.28. The fourth-order valence-corrected chi connectivity index (χ4v) is 4.00. The number of benzene rings is 5. The molecule has 0 fully saturated rings. The lowest BCUT2D eigenvalue weighted by Gasteiger charge is -2.08. The van der Waals surface area contributed by atoms with E-state index in [0.717, 1.165) is 11.1 Å². The molecule has 0 spiro atoms. The first-order valence-corrected chi connectivity index (χ1v) is 9.97. The number of hydrogen-bond donors (Lipinski definition) is 0. The van der Waals surface area contributed by atoms with Crippen molar-refractivity contribution in [3.63, 3.8) is 0 Å². The highest BCUT2D eigenvalue weighted by molar-refractivity contribution is 6.00. The Hall–Kier alpha value is -3.64. The molecule has 0 saturated carbocycles. The Bertz CT molecular complexity index is 1420. The molecular weight excluding hydrogens is 348 g/mol. The predicted octanol–water partition coefficient (Wildman–Crippen LogP) is 8.26. The van der Waals surface area contributed by atoms with Gasteiger partial charge in [-0.3, -0.25) is 0 Å². The fraction of sp³-hybridized carbons (Fsp3) is 0.0345. The molecule has 138 valence electrons. The molecule has 5 rings (SSSR count). The van der Waals surface area contributed by atoms with E-state index >= 15 is 0 Å². The number of fused-ring (bicyclic) bond motifs is 3. The van der Waals surface area contributed by atoms with Crippen LogP contribution < -0.4 is 0 Å². The Labute approximate surface area is 171 Å². The zero-order valence-electron chi connectivity index (χ0n) is 16.5. The van der Waals surface area contributed by atoms with E-state index in [9.17, 15) is 0 Å². The van der Waals surface area contributed by atoms with Crippen LogP contribution in [-0.4, -0.2) is 0 Å². The van der Waals surface area contributed by atoms with Gasteiger partial charge in [0.05, 0.1) is 0 Å². The minimum atomic E-state index is 1.03. The summed E-state index contributed by atoms with van der Waals surface area (Å²) in [5, 5.41) is 7.59. The van der Waals surface area contributed by atoms with Gasteiger partial charge in [-0.25, -0.2) is 0 Å². The molecule has 29 heavy (non-hydrogen) atoms. The second-order valence-corrected chi connectivity index (χ2v) is 7.68. The summed E-state index contributed by atoms with van der Waals surface area (Å²) in [7, 11) is 0. The second kappa shape index (κ2) is 7.07. The van der Waals surface area contributed by atoms with Crippen molar-refractivity contribution in [2.45, 2.75) is 6.92 Å². The van der Waals surface area contributed by atoms with E-state index < -0.39 is 0 Å². The normalized spacial score (nSPS) is 12.0. The first kappa shape index (κ1) is 17.5. The van der Waals surface area contributed by atoms with Gasteiger partial charge in [-0.2, -0.15) is 0 Å². The highest BCUT2D eigenvalue weighted by atomic mass is 14.1. The molecule has 0 aromatic heterocycles. The summed E-state index contributed by atoms with van der Waals surface area (Å²) >= 11 is 0. The zero-order valence-corrected chi connectivity index (χ0v) is 16.5. The number of rotatable bonds is 3. The Morgan fingerprint density at radius 2 is 1.03 bits per heavy atom. The standard InChI is InChI=1S/C29H22/c1-20(23-12-11-22-7-3-4-8-25(22)16-23)15-21(2)24-13-14-28-18-26-9-5-6-10-27(26)19-29(28)17-24/h3-19H,2H2,1H3/b20-15+. The summed E-state index contributed by atoms with van der Waals surface area (Å²) in [6.45, 7) is 6.50. The molecule has 0 N–H and O–H groups in total. The molecule has 0 bridgehead atoms. The van der Waals surface area contributed by atoms with Gasteiger partial charge in [0.15, 0.2) is 0 Å². The summed E-state index contributed by atoms with van der Waals surface area (Å²) in [5.41, 5.74) is 4.65. The lowest BCUT2D eigenvalue weighted by atomic mass is 9.96. The molecule has 0 unspecified atom stereocenters. The van der Waals surface area contributed by atoms with Crippen LogP contribution >= 0.6 is 0 Å². The van der Waals surface area contributed by atoms with E-state index in [-0.39, 0.29) is 0 Å². The molecular formula is C29H22. The van der Waals surface area contributed by atoms with Gasteiger partial charge in [-0.05, 0) is 85.8 Å². The predicted molar refractivity (Wildman–Crippen MR) is 128 cm³/mol. The minimum Gasteiger partial charge on any atom is -0.0911 e. The van der Waals surface area contributed by atoms with Crippen molar-refractivity contribution in [3.8, 4) is 0 Å². The van der Waals surface area contributed by atoms with Gasteiger partial charge in [-0.15, -0.1) is 0 Å². The highest BCUT2D eigenvalue weighted by Gasteiger charge is 2.04. The molecule has 5 aromatic rings. The summed E-state index contributed by atoms with van der Waals surface area (Å²) < 4.78 is 0. The largest absolute Gasteiger partial charge is 0.0911 e. The van der Waals surface area contributed by atoms with Crippen molar-refractivity contribution in [1.29, 1.82) is 0 Å². The maximum Gasteiger partial charge on any atom is -0.0171 e. The van der Waals surface area contributed by atoms with Crippen LogP contribution in [0.1, 0.15) is 18.1 Å². The van der Waals surface area contributed by atoms with E-state index in [1.165, 1.54) is 43.5 Å². The summed E-state index contributed by atoms with van der Waals surface area (Å²) in [5.74, 6) is 0. The topological polar surface area (TPSA) is 0 Å². The van der Waals surface area contributed by atoms with E-state index in [2.05, 4.69) is 117 Å². The van der Waals surface area contributed by atoms with Crippen LogP contribution in [0, 0.1) is 0 Å². The van der Waals surface area contributed by atoms with Gasteiger partial charge >= 0.3 is 0 Å². The average Bonchev–Trinajstić information content (AvgIpc) is 2.76. The number of allylic oxidation sites excluding steroid dienone is 3. The van der Waals surface area contributed by atoms with Crippen molar-refractivity contribution in [2.24, 2.45) is 0 Å². The van der Waals surface area contributed by atoms with Crippen LogP contribution in [0.5, 0.6) is 0 Å². The Morgan fingerprint density at radius 3 is 1.76 bits per heavy atom. The molecule has 0 heterocycles. The fourth-order valence-electron chi connectivity index (χ4n) is 4.00. The molecule has 0 saturated heterocycles. The summed E-state index contributed by atoms with van der Waals surface area (Å²) in [6.07, 6.45) is 2.19. The molecule has 0 nitrogen and oxygen atoms in total. The van der Waals surface area contributed by atoms with Gasteiger partial charge < -0.3 is 0 Å². The third kappa shape index (κ3) is 3.34. The van der Waals surface area contributed by atoms with Crippen LogP contribution in [0.4, 0.5) is 0 Å². The zero-order chi connectivity index (χ0) is 19.8. The van der Waals surface area contributed by atoms with Gasteiger partial charge in [0.2, 0.25) is 0 Å². The first-order chi connectivity index (χ1) is 14.2. The maximum atomic E-state index is 4.35. The lowest BCUT2D eigenvalue weighted by Crippen LogP contribution is -1.85. The SMILES string of the molecule is C=C(/C=C(\C)c1ccc2ccccc2c1)c1ccc2cc3ccccc3cc2c1. The molecule has 5 aromatic carbocycles. The van der Waals surface area contributed by atoms with Crippen molar-refractivity contribution < 1.29 is 0 Å². The molecule has 0 aliphatic rings. The van der Waals surface area contributed by atoms with Crippen LogP contribution in [0.15, 0.2) is 110 Å². The van der Waals surface area contributed by atoms with Gasteiger partial charge in [0, 0.05) is 0 Å². The minimum absolute atomic E-state index is 1.03. The smallest absolute Gasteiger partial charge is 0.0171 e. The van der Waals surface area contributed by atoms with Crippen LogP contribution in [-0.2, 0) is 0 Å². The maximum absolute atomic E-state index is 4.35. The molecule has 0 aliphatic carbocycles. The summed E-state index contributed by atoms with van der Waals surface area (Å²) in [6, 6.07) is 34.7. The van der Waals surface area contributed by atoms with Crippen molar-refractivity contribution in [2.75, 3.05) is 0 Å². The van der Waals surface area contributed by atoms with E-state index in [4.69, 9.17) is 0 Å². The van der Waals surface area contributed by atoms with E-state index in [1.54, 1.807) is 0 Å². The Kier molecular flexibility index (Phi) is 4.26. The van der Waals surface area contributed by atoms with Gasteiger partial charge in [0.25, 0.3) is 0 Å². The average molecular weight is 370 g/mol. The third-order valence-electron chi connectivity index (χ3n) is 5.67. The number of hydrogen-bond acceptors (Lipinski definition) is 0.